The lowest BCUT2D eigenvalue weighted by Crippen LogP contribution is -2.41. The van der Waals surface area contributed by atoms with Gasteiger partial charge in [-0.25, -0.2) is 21.8 Å². The highest BCUT2D eigenvalue weighted by Gasteiger charge is 2.34. The largest absolute Gasteiger partial charge is 0.508 e. The van der Waals surface area contributed by atoms with E-state index in [-0.39, 0.29) is 46.3 Å². The van der Waals surface area contributed by atoms with Gasteiger partial charge >= 0.3 is 6.18 Å². The van der Waals surface area contributed by atoms with Crippen LogP contribution < -0.4 is 10.1 Å². The monoisotopic (exact) mass is 635 g/mol. The molecule has 1 fully saturated rings. The number of aliphatic hydroxyl groups is 1. The molecule has 0 bridgehead atoms. The van der Waals surface area contributed by atoms with E-state index in [0.717, 1.165) is 12.1 Å². The molecule has 1 aliphatic rings. The Hall–Kier alpha value is -2.76. The second-order valence-electron chi connectivity index (χ2n) is 9.42. The first kappa shape index (κ1) is 31.2. The van der Waals surface area contributed by atoms with Crippen molar-refractivity contribution < 1.29 is 45.0 Å². The van der Waals surface area contributed by atoms with Crippen LogP contribution in [0.3, 0.4) is 0 Å². The van der Waals surface area contributed by atoms with Crippen molar-refractivity contribution in [2.75, 3.05) is 32.8 Å². The minimum Gasteiger partial charge on any atom is -0.508 e. The van der Waals surface area contributed by atoms with Gasteiger partial charge in [0, 0.05) is 25.8 Å². The number of sulfonamides is 1. The van der Waals surface area contributed by atoms with Crippen molar-refractivity contribution in [1.29, 1.82) is 0 Å². The maximum atomic E-state index is 13.2. The van der Waals surface area contributed by atoms with E-state index >= 15 is 0 Å². The van der Waals surface area contributed by atoms with Crippen molar-refractivity contribution in [2.45, 2.75) is 38.6 Å². The highest BCUT2D eigenvalue weighted by Crippen LogP contribution is 2.34. The van der Waals surface area contributed by atoms with Crippen LogP contribution in [0.2, 0.25) is 0 Å². The number of aromatic nitrogens is 1. The predicted molar refractivity (Wildman–Crippen MR) is 143 cm³/mol. The average molecular weight is 636 g/mol. The van der Waals surface area contributed by atoms with E-state index in [1.165, 1.54) is 22.5 Å². The molecule has 1 atom stereocenters. The van der Waals surface area contributed by atoms with Gasteiger partial charge in [-0.1, -0.05) is 0 Å². The zero-order valence-corrected chi connectivity index (χ0v) is 23.9. The number of nitrogens with one attached hydrogen (secondary N) is 1. The highest BCUT2D eigenvalue weighted by atomic mass is 32.3. The maximum absolute atomic E-state index is 13.2. The lowest BCUT2D eigenvalue weighted by molar-refractivity contribution is -0.137. The van der Waals surface area contributed by atoms with Gasteiger partial charge in [-0.2, -0.15) is 17.5 Å². The Morgan fingerprint density at radius 3 is 2.29 bits per heavy atom. The van der Waals surface area contributed by atoms with Crippen molar-refractivity contribution in [3.63, 3.8) is 0 Å². The van der Waals surface area contributed by atoms with E-state index in [2.05, 4.69) is 10.3 Å². The van der Waals surface area contributed by atoms with Gasteiger partial charge in [0.15, 0.2) is 5.03 Å². The van der Waals surface area contributed by atoms with Crippen molar-refractivity contribution in [3.8, 4) is 11.5 Å². The van der Waals surface area contributed by atoms with Crippen LogP contribution >= 0.6 is 11.3 Å². The second-order valence-corrected chi connectivity index (χ2v) is 14.8. The molecule has 1 aromatic carbocycles. The molecule has 0 unspecified atom stereocenters. The van der Waals surface area contributed by atoms with Crippen LogP contribution in [0.15, 0.2) is 68.2 Å². The molecule has 1 saturated heterocycles. The van der Waals surface area contributed by atoms with Crippen LogP contribution in [-0.4, -0.2) is 75.2 Å². The van der Waals surface area contributed by atoms with Gasteiger partial charge in [-0.3, -0.25) is 0 Å². The number of aromatic hydroxyl groups is 1. The molecule has 4 rings (SSSR count). The number of thiophene rings is 1. The van der Waals surface area contributed by atoms with E-state index in [4.69, 9.17) is 4.74 Å². The lowest BCUT2D eigenvalue weighted by Gasteiger charge is -2.31. The first-order valence-corrected chi connectivity index (χ1v) is 16.2. The number of phenolic OH excluding ortho intramolecular Hbond substituents is 1. The first-order valence-electron chi connectivity index (χ1n) is 12.5. The smallest absolute Gasteiger partial charge is 0.417 e. The molecule has 0 amide bonds. The number of benzene rings is 1. The third kappa shape index (κ3) is 7.75. The maximum Gasteiger partial charge on any atom is 0.417 e. The molecule has 0 spiro atoms. The van der Waals surface area contributed by atoms with E-state index in [9.17, 15) is 40.2 Å². The van der Waals surface area contributed by atoms with Gasteiger partial charge in [0.05, 0.1) is 5.56 Å². The van der Waals surface area contributed by atoms with Crippen LogP contribution in [0, 0.1) is 5.92 Å². The second kappa shape index (κ2) is 12.6. The Kier molecular flexibility index (Phi) is 9.60. The summed E-state index contributed by atoms with van der Waals surface area (Å²) in [4.78, 5) is 3.43. The zero-order chi connectivity index (χ0) is 29.8. The highest BCUT2D eigenvalue weighted by molar-refractivity contribution is 7.95. The van der Waals surface area contributed by atoms with E-state index in [1.54, 1.807) is 12.1 Å². The van der Waals surface area contributed by atoms with Gasteiger partial charge in [0.2, 0.25) is 9.84 Å². The van der Waals surface area contributed by atoms with Gasteiger partial charge in [0.25, 0.3) is 10.0 Å². The molecule has 3 N–H and O–H groups in total. The van der Waals surface area contributed by atoms with Crippen molar-refractivity contribution in [1.82, 2.24) is 14.6 Å². The summed E-state index contributed by atoms with van der Waals surface area (Å²) >= 11 is 0.522. The predicted octanol–water partition coefficient (Wildman–Crippen LogP) is 3.13. The molecule has 0 saturated carbocycles. The van der Waals surface area contributed by atoms with Crippen LogP contribution in [0.5, 0.6) is 11.5 Å². The summed E-state index contributed by atoms with van der Waals surface area (Å²) in [6.45, 7) is 1.34. The fraction of sp³-hybridized carbons (Fsp3) is 0.400. The fourth-order valence-electron chi connectivity index (χ4n) is 4.13. The number of aliphatic hydroxyl groups excluding tert-OH is 1. The number of nitrogens with zero attached hydrogens (tertiary/aromatic N) is 2. The number of ether oxygens (including phenoxy) is 1. The number of piperidine rings is 1. The topological polar surface area (TPSA) is 146 Å². The Morgan fingerprint density at radius 2 is 1.68 bits per heavy atom. The summed E-state index contributed by atoms with van der Waals surface area (Å²) in [5.74, 6) is 0.791. The SMILES string of the molecule is O=S(=O)(c1ccc(C(F)(F)F)cn1)c1ccc(S(=O)(=O)N2CCC(CNC[C@@H](O)COc3ccc(O)cc3)CC2)s1. The summed E-state index contributed by atoms with van der Waals surface area (Å²) in [5.41, 5.74) is -1.10. The Labute approximate surface area is 239 Å². The third-order valence-electron chi connectivity index (χ3n) is 6.42. The normalized spacial score (nSPS) is 16.5. The van der Waals surface area contributed by atoms with Crippen LogP contribution in [-0.2, 0) is 26.0 Å². The quantitative estimate of drug-likeness (QED) is 0.289. The summed E-state index contributed by atoms with van der Waals surface area (Å²) in [6, 6.07) is 9.77. The summed E-state index contributed by atoms with van der Waals surface area (Å²) in [7, 11) is -8.29. The number of rotatable bonds is 11. The molecule has 2 aromatic heterocycles. The Balaban J connectivity index is 1.26. The molecule has 1 aliphatic heterocycles. The van der Waals surface area contributed by atoms with Gasteiger partial charge in [0.1, 0.15) is 32.6 Å². The molecule has 3 heterocycles. The molecule has 224 valence electrons. The van der Waals surface area contributed by atoms with Crippen LogP contribution in [0.4, 0.5) is 13.2 Å². The van der Waals surface area contributed by atoms with Crippen molar-refractivity contribution in [2.24, 2.45) is 5.92 Å². The van der Waals surface area contributed by atoms with Crippen molar-refractivity contribution in [3.05, 3.63) is 60.3 Å². The molecular formula is C25H28F3N3O7S3. The van der Waals surface area contributed by atoms with Gasteiger partial charge in [-0.05, 0) is 73.8 Å². The minimum absolute atomic E-state index is 0.0575. The molecule has 16 heteroatoms. The number of pyridine rings is 1. The number of sulfone groups is 1. The number of phenols is 1. The minimum atomic E-state index is -4.67. The van der Waals surface area contributed by atoms with Crippen LogP contribution in [0.1, 0.15) is 18.4 Å². The summed E-state index contributed by atoms with van der Waals surface area (Å²) in [5, 5.41) is 22.0. The summed E-state index contributed by atoms with van der Waals surface area (Å²) < 4.78 is 96.6. The Morgan fingerprint density at radius 1 is 1.02 bits per heavy atom. The van der Waals surface area contributed by atoms with Crippen molar-refractivity contribution >= 4 is 31.2 Å². The molecule has 10 nitrogen and oxygen atoms in total. The Bertz CT molecular complexity index is 1520. The molecular weight excluding hydrogens is 607 g/mol. The number of halogens is 3. The molecule has 41 heavy (non-hydrogen) atoms. The number of alkyl halides is 3. The number of hydrogen-bond donors (Lipinski definition) is 3. The van der Waals surface area contributed by atoms with Gasteiger partial charge in [-0.15, -0.1) is 11.3 Å². The van der Waals surface area contributed by atoms with Crippen LogP contribution in [0.25, 0.3) is 0 Å². The zero-order valence-electron chi connectivity index (χ0n) is 21.5. The molecule has 0 radical (unpaired) electrons. The van der Waals surface area contributed by atoms with E-state index < -0.39 is 42.7 Å². The molecule has 0 aliphatic carbocycles. The third-order valence-corrected chi connectivity index (χ3v) is 12.0. The first-order chi connectivity index (χ1) is 19.3. The lowest BCUT2D eigenvalue weighted by atomic mass is 9.98. The molecule has 3 aromatic rings. The number of hydrogen-bond acceptors (Lipinski definition) is 10. The van der Waals surface area contributed by atoms with E-state index in [0.29, 0.717) is 48.7 Å². The summed E-state index contributed by atoms with van der Waals surface area (Å²) in [6.07, 6.45) is -3.92. The fourth-order valence-corrected chi connectivity index (χ4v) is 8.80. The van der Waals surface area contributed by atoms with E-state index in [1.807, 2.05) is 0 Å². The standard InChI is InChI=1S/C25H28F3N3O7S3/c26-25(27,28)18-1-6-22(30-14-18)40(34,35)23-7-8-24(39-23)41(36,37)31-11-9-17(10-12-31)13-29-15-20(33)16-38-21-4-2-19(32)3-5-21/h1-8,14,17,20,29,32-33H,9-13,15-16H2/t20-/m1/s1. The average Bonchev–Trinajstić information content (AvgIpc) is 3.45. The van der Waals surface area contributed by atoms with Gasteiger partial charge < -0.3 is 20.3 Å².